The molecule has 6 nitrogen and oxygen atoms in total. The number of amides is 1. The van der Waals surface area contributed by atoms with Crippen LogP contribution in [0.5, 0.6) is 0 Å². The number of rotatable bonds is 5. The quantitative estimate of drug-likeness (QED) is 0.443. The summed E-state index contributed by atoms with van der Waals surface area (Å²) in [6.45, 7) is 5.59. The average molecular weight is 463 g/mol. The zero-order chi connectivity index (χ0) is 22.9. The monoisotopic (exact) mass is 462 g/mol. The third-order valence-electron chi connectivity index (χ3n) is 6.56. The topological polar surface area (TPSA) is 50.0 Å². The molecule has 0 atom stereocenters. The normalized spacial score (nSPS) is 14.4. The maximum atomic E-state index is 13.0. The van der Waals surface area contributed by atoms with Crippen molar-refractivity contribution in [3.63, 3.8) is 0 Å². The molecule has 33 heavy (non-hydrogen) atoms. The fourth-order valence-electron chi connectivity index (χ4n) is 4.80. The van der Waals surface area contributed by atoms with Gasteiger partial charge in [0.15, 0.2) is 0 Å². The number of para-hydroxylation sites is 2. The van der Waals surface area contributed by atoms with Crippen LogP contribution in [0.4, 0.5) is 5.69 Å². The number of aromatic nitrogens is 2. The molecular weight excluding hydrogens is 436 g/mol. The number of anilines is 1. The number of aryl methyl sites for hydroxylation is 2. The first-order chi connectivity index (χ1) is 16.0. The fourth-order valence-corrected chi connectivity index (χ4v) is 4.96. The van der Waals surface area contributed by atoms with Crippen LogP contribution in [0.1, 0.15) is 18.4 Å². The Balaban J connectivity index is 1.23. The van der Waals surface area contributed by atoms with Crippen molar-refractivity contribution in [2.24, 2.45) is 0 Å². The number of carbonyl (C=O) groups is 1. The summed E-state index contributed by atoms with van der Waals surface area (Å²) in [5, 5.41) is 0.732. The standard InChI is InChI=1S/C26H27ClN4O2/c1-19-10-11-20(27)18-24(19)28-14-16-29(17-15-28)25(32)9-5-13-31-22-7-3-2-6-21(22)30-12-4-8-23(30)26(31)33/h2-4,6-8,10-12,18H,5,9,13-17H2,1H3. The number of fused-ring (bicyclic) bond motifs is 3. The molecule has 1 amide bonds. The lowest BCUT2D eigenvalue weighted by molar-refractivity contribution is -0.131. The number of benzene rings is 2. The molecule has 2 aromatic heterocycles. The Hall–Kier alpha value is -3.25. The first kappa shape index (κ1) is 21.6. The first-order valence-corrected chi connectivity index (χ1v) is 11.8. The molecule has 7 heteroatoms. The Morgan fingerprint density at radius 3 is 2.45 bits per heavy atom. The van der Waals surface area contributed by atoms with E-state index in [-0.39, 0.29) is 11.5 Å². The number of hydrogen-bond acceptors (Lipinski definition) is 3. The first-order valence-electron chi connectivity index (χ1n) is 11.4. The van der Waals surface area contributed by atoms with Gasteiger partial charge in [-0.05, 0) is 55.3 Å². The average Bonchev–Trinajstić information content (AvgIpc) is 3.33. The van der Waals surface area contributed by atoms with Gasteiger partial charge in [0, 0.05) is 56.1 Å². The summed E-state index contributed by atoms with van der Waals surface area (Å²) in [7, 11) is 0. The second-order valence-corrected chi connectivity index (χ2v) is 9.05. The van der Waals surface area contributed by atoms with Crippen molar-refractivity contribution in [1.29, 1.82) is 0 Å². The van der Waals surface area contributed by atoms with Gasteiger partial charge in [-0.3, -0.25) is 9.59 Å². The van der Waals surface area contributed by atoms with E-state index in [1.54, 1.807) is 4.57 Å². The highest BCUT2D eigenvalue weighted by atomic mass is 35.5. The number of carbonyl (C=O) groups excluding carboxylic acids is 1. The van der Waals surface area contributed by atoms with Crippen molar-refractivity contribution in [1.82, 2.24) is 13.9 Å². The van der Waals surface area contributed by atoms with Crippen molar-refractivity contribution >= 4 is 39.7 Å². The molecule has 1 saturated heterocycles. The Kier molecular flexibility index (Phi) is 5.85. The lowest BCUT2D eigenvalue weighted by Gasteiger charge is -2.37. The zero-order valence-corrected chi connectivity index (χ0v) is 19.5. The van der Waals surface area contributed by atoms with Crippen molar-refractivity contribution in [2.75, 3.05) is 31.1 Å². The highest BCUT2D eigenvalue weighted by Gasteiger charge is 2.22. The fraction of sp³-hybridized carbons (Fsp3) is 0.308. The Bertz CT molecular complexity index is 1380. The van der Waals surface area contributed by atoms with Gasteiger partial charge in [0.25, 0.3) is 5.56 Å². The van der Waals surface area contributed by atoms with E-state index in [0.29, 0.717) is 38.0 Å². The van der Waals surface area contributed by atoms with Crippen molar-refractivity contribution in [2.45, 2.75) is 26.3 Å². The molecule has 0 aliphatic carbocycles. The van der Waals surface area contributed by atoms with E-state index in [2.05, 4.69) is 11.8 Å². The summed E-state index contributed by atoms with van der Waals surface area (Å²) in [5.41, 5.74) is 4.86. The smallest absolute Gasteiger partial charge is 0.275 e. The summed E-state index contributed by atoms with van der Waals surface area (Å²) >= 11 is 6.18. The second kappa shape index (κ2) is 8.94. The van der Waals surface area contributed by atoms with Crippen LogP contribution in [0.25, 0.3) is 16.6 Å². The van der Waals surface area contributed by atoms with E-state index in [4.69, 9.17) is 11.6 Å². The van der Waals surface area contributed by atoms with E-state index in [0.717, 1.165) is 34.8 Å². The van der Waals surface area contributed by atoms with E-state index >= 15 is 0 Å². The molecule has 0 saturated carbocycles. The maximum absolute atomic E-state index is 13.0. The SMILES string of the molecule is Cc1ccc(Cl)cc1N1CCN(C(=O)CCCn2c(=O)c3cccn3c3ccccc32)CC1. The summed E-state index contributed by atoms with van der Waals surface area (Å²) in [5.74, 6) is 0.151. The van der Waals surface area contributed by atoms with Crippen molar-refractivity contribution < 1.29 is 4.79 Å². The molecule has 0 spiro atoms. The summed E-state index contributed by atoms with van der Waals surface area (Å²) < 4.78 is 3.73. The minimum absolute atomic E-state index is 0.0170. The third kappa shape index (κ3) is 4.11. The number of piperazine rings is 1. The van der Waals surface area contributed by atoms with Crippen LogP contribution in [0.2, 0.25) is 5.02 Å². The van der Waals surface area contributed by atoms with Gasteiger partial charge < -0.3 is 18.8 Å². The molecule has 1 fully saturated rings. The van der Waals surface area contributed by atoms with Crippen LogP contribution in [0, 0.1) is 6.92 Å². The minimum atomic E-state index is -0.0170. The number of hydrogen-bond donors (Lipinski definition) is 0. The molecule has 1 aliphatic heterocycles. The van der Waals surface area contributed by atoms with Crippen LogP contribution in [-0.4, -0.2) is 46.0 Å². The number of nitrogens with zero attached hydrogens (tertiary/aromatic N) is 4. The van der Waals surface area contributed by atoms with Crippen molar-refractivity contribution in [3.8, 4) is 0 Å². The van der Waals surface area contributed by atoms with Gasteiger partial charge in [0.2, 0.25) is 5.91 Å². The molecule has 2 aromatic carbocycles. The Morgan fingerprint density at radius 1 is 0.939 bits per heavy atom. The minimum Gasteiger partial charge on any atom is -0.368 e. The predicted octanol–water partition coefficient (Wildman–Crippen LogP) is 4.35. The van der Waals surface area contributed by atoms with E-state index in [1.807, 2.05) is 70.1 Å². The molecule has 0 unspecified atom stereocenters. The van der Waals surface area contributed by atoms with Gasteiger partial charge in [0.05, 0.1) is 11.0 Å². The van der Waals surface area contributed by atoms with Gasteiger partial charge in [-0.1, -0.05) is 29.8 Å². The van der Waals surface area contributed by atoms with Crippen LogP contribution in [0.3, 0.4) is 0 Å². The molecule has 5 rings (SSSR count). The third-order valence-corrected chi connectivity index (χ3v) is 6.80. The summed E-state index contributed by atoms with van der Waals surface area (Å²) in [4.78, 5) is 30.1. The summed E-state index contributed by atoms with van der Waals surface area (Å²) in [6, 6.07) is 17.6. The van der Waals surface area contributed by atoms with Crippen LogP contribution in [0.15, 0.2) is 65.6 Å². The summed E-state index contributed by atoms with van der Waals surface area (Å²) in [6.07, 6.45) is 2.98. The lowest BCUT2D eigenvalue weighted by atomic mass is 10.1. The van der Waals surface area contributed by atoms with Gasteiger partial charge in [-0.15, -0.1) is 0 Å². The Labute approximate surface area is 197 Å². The van der Waals surface area contributed by atoms with E-state index in [9.17, 15) is 9.59 Å². The highest BCUT2D eigenvalue weighted by Crippen LogP contribution is 2.25. The van der Waals surface area contributed by atoms with E-state index < -0.39 is 0 Å². The lowest BCUT2D eigenvalue weighted by Crippen LogP contribution is -2.49. The maximum Gasteiger partial charge on any atom is 0.275 e. The van der Waals surface area contributed by atoms with Gasteiger partial charge in [0.1, 0.15) is 5.52 Å². The molecule has 0 bridgehead atoms. The van der Waals surface area contributed by atoms with Crippen LogP contribution in [-0.2, 0) is 11.3 Å². The van der Waals surface area contributed by atoms with Gasteiger partial charge >= 0.3 is 0 Å². The number of halogens is 1. The molecule has 1 aliphatic rings. The van der Waals surface area contributed by atoms with Gasteiger partial charge in [-0.2, -0.15) is 0 Å². The largest absolute Gasteiger partial charge is 0.368 e. The Morgan fingerprint density at radius 2 is 1.67 bits per heavy atom. The highest BCUT2D eigenvalue weighted by molar-refractivity contribution is 6.30. The van der Waals surface area contributed by atoms with Crippen molar-refractivity contribution in [3.05, 3.63) is 81.7 Å². The molecule has 170 valence electrons. The van der Waals surface area contributed by atoms with Crippen LogP contribution >= 0.6 is 11.6 Å². The van der Waals surface area contributed by atoms with E-state index in [1.165, 1.54) is 5.56 Å². The zero-order valence-electron chi connectivity index (χ0n) is 18.7. The van der Waals surface area contributed by atoms with Crippen LogP contribution < -0.4 is 10.5 Å². The molecule has 0 radical (unpaired) electrons. The molecule has 4 aromatic rings. The van der Waals surface area contributed by atoms with Gasteiger partial charge in [-0.25, -0.2) is 0 Å². The molecule has 3 heterocycles. The second-order valence-electron chi connectivity index (χ2n) is 8.61. The molecule has 0 N–H and O–H groups in total. The predicted molar refractivity (Wildman–Crippen MR) is 133 cm³/mol. The molecular formula is C26H27ClN4O2.